The number of carbonyl (C=O) groups excluding carboxylic acids is 2. The zero-order chi connectivity index (χ0) is 18.1. The first-order valence-electron chi connectivity index (χ1n) is 7.79. The fraction of sp³-hybridized carbons (Fsp3) is 0.500. The minimum atomic E-state index is -2.94. The van der Waals surface area contributed by atoms with Crippen LogP contribution in [0.5, 0.6) is 11.5 Å². The van der Waals surface area contributed by atoms with Crippen LogP contribution in [0.15, 0.2) is 18.2 Å². The summed E-state index contributed by atoms with van der Waals surface area (Å²) in [6.45, 7) is -2.97. The molecule has 2 fully saturated rings. The molecule has 0 aliphatic carbocycles. The lowest BCUT2D eigenvalue weighted by Gasteiger charge is -2.34. The summed E-state index contributed by atoms with van der Waals surface area (Å²) in [7, 11) is 1.41. The highest BCUT2D eigenvalue weighted by molar-refractivity contribution is 5.97. The van der Waals surface area contributed by atoms with Crippen LogP contribution < -0.4 is 10.1 Å². The van der Waals surface area contributed by atoms with Gasteiger partial charge in [-0.05, 0) is 17.7 Å². The van der Waals surface area contributed by atoms with Crippen molar-refractivity contribution in [3.05, 3.63) is 23.8 Å². The molecule has 7 nitrogen and oxygen atoms in total. The predicted octanol–water partition coefficient (Wildman–Crippen LogP) is 0.650. The number of methoxy groups -OCH3 is 1. The molecule has 9 heteroatoms. The molecule has 2 amide bonds. The summed E-state index contributed by atoms with van der Waals surface area (Å²) in [5, 5.41) is 12.2. The molecule has 0 bridgehead atoms. The van der Waals surface area contributed by atoms with Crippen LogP contribution in [-0.2, 0) is 20.7 Å². The molecule has 2 aliphatic heterocycles. The van der Waals surface area contributed by atoms with E-state index in [2.05, 4.69) is 10.1 Å². The van der Waals surface area contributed by atoms with E-state index in [1.54, 1.807) is 12.1 Å². The van der Waals surface area contributed by atoms with Crippen molar-refractivity contribution in [2.24, 2.45) is 0 Å². The van der Waals surface area contributed by atoms with E-state index in [0.29, 0.717) is 5.56 Å². The Balaban J connectivity index is 1.72. The third-order valence-electron chi connectivity index (χ3n) is 4.44. The lowest BCUT2D eigenvalue weighted by molar-refractivity contribution is -0.160. The number of phenolic OH excluding ortho intramolecular Hbond substituents is 1. The SMILES string of the molecule is COc1cc(CC2NC(=O)[C@@H]3C[C@@H](OC(F)F)CN3C2=O)ccc1O. The number of ether oxygens (including phenoxy) is 2. The maximum Gasteiger partial charge on any atom is 0.345 e. The quantitative estimate of drug-likeness (QED) is 0.809. The number of halogens is 2. The molecule has 136 valence electrons. The molecule has 0 aromatic heterocycles. The van der Waals surface area contributed by atoms with Crippen molar-refractivity contribution in [3.8, 4) is 11.5 Å². The monoisotopic (exact) mass is 356 g/mol. The van der Waals surface area contributed by atoms with Crippen molar-refractivity contribution in [3.63, 3.8) is 0 Å². The van der Waals surface area contributed by atoms with E-state index in [1.165, 1.54) is 18.1 Å². The number of phenols is 1. The Morgan fingerprint density at radius 2 is 2.16 bits per heavy atom. The molecule has 1 unspecified atom stereocenters. The fourth-order valence-electron chi connectivity index (χ4n) is 3.29. The van der Waals surface area contributed by atoms with Gasteiger partial charge in [0, 0.05) is 19.4 Å². The van der Waals surface area contributed by atoms with Crippen molar-refractivity contribution >= 4 is 11.8 Å². The van der Waals surface area contributed by atoms with Crippen molar-refractivity contribution in [2.75, 3.05) is 13.7 Å². The van der Waals surface area contributed by atoms with Gasteiger partial charge in [-0.15, -0.1) is 0 Å². The van der Waals surface area contributed by atoms with Crippen LogP contribution in [0.4, 0.5) is 8.78 Å². The summed E-state index contributed by atoms with van der Waals surface area (Å²) >= 11 is 0. The van der Waals surface area contributed by atoms with E-state index in [4.69, 9.17) is 4.74 Å². The lowest BCUT2D eigenvalue weighted by Crippen LogP contribution is -2.61. The van der Waals surface area contributed by atoms with Gasteiger partial charge in [0.15, 0.2) is 11.5 Å². The topological polar surface area (TPSA) is 88.1 Å². The zero-order valence-corrected chi connectivity index (χ0v) is 13.4. The van der Waals surface area contributed by atoms with E-state index in [9.17, 15) is 23.5 Å². The van der Waals surface area contributed by atoms with Gasteiger partial charge in [0.05, 0.1) is 13.2 Å². The largest absolute Gasteiger partial charge is 0.504 e. The van der Waals surface area contributed by atoms with E-state index in [1.807, 2.05) is 0 Å². The zero-order valence-electron chi connectivity index (χ0n) is 13.4. The number of alkyl halides is 2. The number of hydrogen-bond donors (Lipinski definition) is 2. The second-order valence-electron chi connectivity index (χ2n) is 6.03. The van der Waals surface area contributed by atoms with E-state index >= 15 is 0 Å². The number of hydrogen-bond acceptors (Lipinski definition) is 5. The minimum absolute atomic E-state index is 0.0307. The van der Waals surface area contributed by atoms with Gasteiger partial charge in [0.25, 0.3) is 0 Å². The number of fused-ring (bicyclic) bond motifs is 1. The highest BCUT2D eigenvalue weighted by atomic mass is 19.3. The average molecular weight is 356 g/mol. The molecule has 3 atom stereocenters. The van der Waals surface area contributed by atoms with Gasteiger partial charge >= 0.3 is 6.61 Å². The second kappa shape index (κ2) is 6.83. The van der Waals surface area contributed by atoms with Crippen LogP contribution >= 0.6 is 0 Å². The molecular formula is C16H18F2N2O5. The standard InChI is InChI=1S/C16H18F2N2O5/c1-24-13-5-8(2-3-12(13)21)4-10-15(23)20-7-9(25-16(17)18)6-11(20)14(22)19-10/h2-3,5,9-11,16,21H,4,6-7H2,1H3,(H,19,22)/t9-,10?,11+/m1/s1. The lowest BCUT2D eigenvalue weighted by atomic mass is 10.0. The molecule has 3 rings (SSSR count). The van der Waals surface area contributed by atoms with Crippen molar-refractivity contribution in [1.82, 2.24) is 10.2 Å². The van der Waals surface area contributed by atoms with Gasteiger partial charge < -0.3 is 24.8 Å². The summed E-state index contributed by atoms with van der Waals surface area (Å²) in [6.07, 6.45) is -0.598. The number of rotatable bonds is 5. The maximum absolute atomic E-state index is 12.6. The summed E-state index contributed by atoms with van der Waals surface area (Å²) in [5.41, 5.74) is 0.686. The Hall–Kier alpha value is -2.42. The average Bonchev–Trinajstić information content (AvgIpc) is 2.98. The van der Waals surface area contributed by atoms with Gasteiger partial charge in [-0.2, -0.15) is 8.78 Å². The fourth-order valence-corrected chi connectivity index (χ4v) is 3.29. The third-order valence-corrected chi connectivity index (χ3v) is 4.44. The number of nitrogens with zero attached hydrogens (tertiary/aromatic N) is 1. The number of piperazine rings is 1. The summed E-state index contributed by atoms with van der Waals surface area (Å²) in [4.78, 5) is 26.1. The highest BCUT2D eigenvalue weighted by Gasteiger charge is 2.47. The Morgan fingerprint density at radius 1 is 1.40 bits per heavy atom. The van der Waals surface area contributed by atoms with Crippen LogP contribution in [0.25, 0.3) is 0 Å². The Labute approximate surface area is 142 Å². The normalized spacial score (nSPS) is 25.9. The van der Waals surface area contributed by atoms with Crippen LogP contribution in [0, 0.1) is 0 Å². The second-order valence-corrected chi connectivity index (χ2v) is 6.03. The Kier molecular flexibility index (Phi) is 4.76. The molecule has 2 heterocycles. The maximum atomic E-state index is 12.6. The first-order chi connectivity index (χ1) is 11.9. The first kappa shape index (κ1) is 17.4. The molecule has 2 saturated heterocycles. The number of nitrogens with one attached hydrogen (secondary N) is 1. The van der Waals surface area contributed by atoms with Crippen LogP contribution in [-0.4, -0.2) is 60.3 Å². The van der Waals surface area contributed by atoms with Gasteiger partial charge in [-0.1, -0.05) is 6.07 Å². The van der Waals surface area contributed by atoms with Gasteiger partial charge in [0.2, 0.25) is 11.8 Å². The van der Waals surface area contributed by atoms with Crippen LogP contribution in [0.3, 0.4) is 0 Å². The van der Waals surface area contributed by atoms with E-state index < -0.39 is 24.8 Å². The van der Waals surface area contributed by atoms with Crippen LogP contribution in [0.2, 0.25) is 0 Å². The smallest absolute Gasteiger partial charge is 0.345 e. The summed E-state index contributed by atoms with van der Waals surface area (Å²) < 4.78 is 34.2. The number of aromatic hydroxyl groups is 1. The van der Waals surface area contributed by atoms with Gasteiger partial charge in [-0.25, -0.2) is 0 Å². The third kappa shape index (κ3) is 3.51. The molecule has 0 saturated carbocycles. The van der Waals surface area contributed by atoms with Crippen molar-refractivity contribution in [1.29, 1.82) is 0 Å². The number of carbonyl (C=O) groups is 2. The first-order valence-corrected chi connectivity index (χ1v) is 7.79. The van der Waals surface area contributed by atoms with Crippen molar-refractivity contribution < 1.29 is 33.0 Å². The molecule has 0 spiro atoms. The van der Waals surface area contributed by atoms with Crippen LogP contribution in [0.1, 0.15) is 12.0 Å². The van der Waals surface area contributed by atoms with E-state index in [0.717, 1.165) is 0 Å². The predicted molar refractivity (Wildman–Crippen MR) is 81.3 cm³/mol. The molecule has 2 N–H and O–H groups in total. The molecule has 2 aliphatic rings. The molecule has 25 heavy (non-hydrogen) atoms. The molecular weight excluding hydrogens is 338 g/mol. The highest BCUT2D eigenvalue weighted by Crippen LogP contribution is 2.29. The summed E-state index contributed by atoms with van der Waals surface area (Å²) in [5.74, 6) is -0.485. The number of benzene rings is 1. The van der Waals surface area contributed by atoms with Crippen molar-refractivity contribution in [2.45, 2.75) is 37.6 Å². The molecule has 1 aromatic rings. The van der Waals surface area contributed by atoms with E-state index in [-0.39, 0.29) is 42.7 Å². The summed E-state index contributed by atoms with van der Waals surface area (Å²) in [6, 6.07) is 3.06. The molecule has 1 aromatic carbocycles. The van der Waals surface area contributed by atoms with Gasteiger partial charge in [-0.3, -0.25) is 9.59 Å². The Bertz CT molecular complexity index is 684. The number of amides is 2. The van der Waals surface area contributed by atoms with Gasteiger partial charge in [0.1, 0.15) is 12.1 Å². The molecule has 0 radical (unpaired) electrons. The Morgan fingerprint density at radius 3 is 2.84 bits per heavy atom. The minimum Gasteiger partial charge on any atom is -0.504 e.